The zero-order chi connectivity index (χ0) is 12.1. The maximum Gasteiger partial charge on any atom is 0.222 e. The van der Waals surface area contributed by atoms with Crippen molar-refractivity contribution in [3.05, 3.63) is 0 Å². The molecule has 1 amide bonds. The fourth-order valence-corrected chi connectivity index (χ4v) is 2.15. The second-order valence-corrected chi connectivity index (χ2v) is 5.27. The Bertz CT molecular complexity index is 220. The standard InChI is InChI=1S/C13H26N2O/c1-5-12(4)14-6-8-15(9-7-14)13(16)10-11(2)3/h11-12H,5-10H2,1-4H3. The molecule has 3 heteroatoms. The minimum absolute atomic E-state index is 0.332. The monoisotopic (exact) mass is 226 g/mol. The third kappa shape index (κ3) is 3.78. The van der Waals surface area contributed by atoms with Crippen LogP contribution in [0.2, 0.25) is 0 Å². The lowest BCUT2D eigenvalue weighted by Crippen LogP contribution is -2.51. The van der Waals surface area contributed by atoms with Crippen molar-refractivity contribution in [3.8, 4) is 0 Å². The summed E-state index contributed by atoms with van der Waals surface area (Å²) in [4.78, 5) is 16.4. The molecule has 0 radical (unpaired) electrons. The summed E-state index contributed by atoms with van der Waals surface area (Å²) < 4.78 is 0. The van der Waals surface area contributed by atoms with E-state index in [1.54, 1.807) is 0 Å². The third-order valence-corrected chi connectivity index (χ3v) is 3.46. The van der Waals surface area contributed by atoms with Crippen LogP contribution in [-0.2, 0) is 4.79 Å². The highest BCUT2D eigenvalue weighted by Crippen LogP contribution is 2.11. The van der Waals surface area contributed by atoms with Crippen LogP contribution < -0.4 is 0 Å². The Morgan fingerprint density at radius 1 is 1.12 bits per heavy atom. The molecule has 1 fully saturated rings. The zero-order valence-electron chi connectivity index (χ0n) is 11.2. The van der Waals surface area contributed by atoms with Gasteiger partial charge in [-0.05, 0) is 19.3 Å². The van der Waals surface area contributed by atoms with Crippen molar-refractivity contribution in [2.24, 2.45) is 5.92 Å². The SMILES string of the molecule is CCC(C)N1CCN(C(=O)CC(C)C)CC1. The van der Waals surface area contributed by atoms with Crippen LogP contribution in [0.5, 0.6) is 0 Å². The molecular formula is C13H26N2O. The van der Waals surface area contributed by atoms with E-state index in [9.17, 15) is 4.79 Å². The molecule has 0 N–H and O–H groups in total. The number of piperazine rings is 1. The maximum atomic E-state index is 11.9. The topological polar surface area (TPSA) is 23.6 Å². The Morgan fingerprint density at radius 3 is 2.12 bits per heavy atom. The maximum absolute atomic E-state index is 11.9. The van der Waals surface area contributed by atoms with Gasteiger partial charge in [0.15, 0.2) is 0 Å². The number of carbonyl (C=O) groups excluding carboxylic acids is 1. The molecule has 0 aromatic heterocycles. The summed E-state index contributed by atoms with van der Waals surface area (Å²) in [5.74, 6) is 0.805. The second kappa shape index (κ2) is 6.24. The third-order valence-electron chi connectivity index (χ3n) is 3.46. The first kappa shape index (κ1) is 13.5. The van der Waals surface area contributed by atoms with Crippen LogP contribution in [0.3, 0.4) is 0 Å². The van der Waals surface area contributed by atoms with Gasteiger partial charge in [-0.15, -0.1) is 0 Å². The number of hydrogen-bond donors (Lipinski definition) is 0. The first-order valence-electron chi connectivity index (χ1n) is 6.56. The van der Waals surface area contributed by atoms with Gasteiger partial charge in [0, 0.05) is 38.6 Å². The molecule has 1 atom stereocenters. The summed E-state index contributed by atoms with van der Waals surface area (Å²) in [6.07, 6.45) is 1.89. The van der Waals surface area contributed by atoms with Gasteiger partial charge < -0.3 is 4.90 Å². The predicted octanol–water partition coefficient (Wildman–Crippen LogP) is 1.98. The van der Waals surface area contributed by atoms with Crippen molar-refractivity contribution < 1.29 is 4.79 Å². The van der Waals surface area contributed by atoms with E-state index in [0.717, 1.165) is 26.2 Å². The molecule has 0 spiro atoms. The Morgan fingerprint density at radius 2 is 1.69 bits per heavy atom. The van der Waals surface area contributed by atoms with E-state index < -0.39 is 0 Å². The van der Waals surface area contributed by atoms with Gasteiger partial charge >= 0.3 is 0 Å². The molecule has 0 aromatic rings. The van der Waals surface area contributed by atoms with E-state index in [2.05, 4.69) is 32.6 Å². The predicted molar refractivity (Wildman–Crippen MR) is 67.4 cm³/mol. The number of carbonyl (C=O) groups is 1. The Kier molecular flexibility index (Phi) is 5.26. The van der Waals surface area contributed by atoms with Crippen molar-refractivity contribution in [3.63, 3.8) is 0 Å². The molecule has 1 saturated heterocycles. The Labute approximate surface area is 99.8 Å². The molecule has 1 heterocycles. The number of rotatable bonds is 4. The van der Waals surface area contributed by atoms with Crippen LogP contribution in [-0.4, -0.2) is 47.9 Å². The second-order valence-electron chi connectivity index (χ2n) is 5.27. The number of amides is 1. The number of nitrogens with zero attached hydrogens (tertiary/aromatic N) is 2. The normalized spacial score (nSPS) is 20.2. The average molecular weight is 226 g/mol. The molecule has 0 saturated carbocycles. The first-order valence-corrected chi connectivity index (χ1v) is 6.56. The van der Waals surface area contributed by atoms with Gasteiger partial charge in [0.05, 0.1) is 0 Å². The zero-order valence-corrected chi connectivity index (χ0v) is 11.2. The molecule has 94 valence electrons. The van der Waals surface area contributed by atoms with Crippen LogP contribution in [0.1, 0.15) is 40.5 Å². The summed E-state index contributed by atoms with van der Waals surface area (Å²) in [7, 11) is 0. The first-order chi connectivity index (χ1) is 7.54. The molecule has 1 aliphatic heterocycles. The molecule has 1 aliphatic rings. The van der Waals surface area contributed by atoms with E-state index in [1.165, 1.54) is 6.42 Å². The molecule has 0 aliphatic carbocycles. The quantitative estimate of drug-likeness (QED) is 0.732. The van der Waals surface area contributed by atoms with Crippen molar-refractivity contribution in [2.45, 2.75) is 46.6 Å². The highest BCUT2D eigenvalue weighted by atomic mass is 16.2. The van der Waals surface area contributed by atoms with E-state index in [1.807, 2.05) is 4.90 Å². The van der Waals surface area contributed by atoms with Gasteiger partial charge in [-0.1, -0.05) is 20.8 Å². The molecule has 1 rings (SSSR count). The van der Waals surface area contributed by atoms with Gasteiger partial charge in [-0.25, -0.2) is 0 Å². The fraction of sp³-hybridized carbons (Fsp3) is 0.923. The van der Waals surface area contributed by atoms with Crippen molar-refractivity contribution in [1.29, 1.82) is 0 Å². The molecule has 16 heavy (non-hydrogen) atoms. The summed E-state index contributed by atoms with van der Waals surface area (Å²) in [6, 6.07) is 0.655. The minimum Gasteiger partial charge on any atom is -0.340 e. The van der Waals surface area contributed by atoms with Crippen molar-refractivity contribution in [2.75, 3.05) is 26.2 Å². The Balaban J connectivity index is 2.34. The van der Waals surface area contributed by atoms with Crippen molar-refractivity contribution in [1.82, 2.24) is 9.80 Å². The lowest BCUT2D eigenvalue weighted by atomic mass is 10.1. The smallest absolute Gasteiger partial charge is 0.222 e. The van der Waals surface area contributed by atoms with E-state index in [0.29, 0.717) is 24.3 Å². The summed E-state index contributed by atoms with van der Waals surface area (Å²) >= 11 is 0. The van der Waals surface area contributed by atoms with Crippen LogP contribution in [0, 0.1) is 5.92 Å². The van der Waals surface area contributed by atoms with Gasteiger partial charge in [-0.2, -0.15) is 0 Å². The summed E-state index contributed by atoms with van der Waals surface area (Å²) in [5, 5.41) is 0. The Hall–Kier alpha value is -0.570. The van der Waals surface area contributed by atoms with E-state index in [-0.39, 0.29) is 0 Å². The van der Waals surface area contributed by atoms with Crippen LogP contribution >= 0.6 is 0 Å². The van der Waals surface area contributed by atoms with Crippen LogP contribution in [0.15, 0.2) is 0 Å². The molecular weight excluding hydrogens is 200 g/mol. The number of hydrogen-bond acceptors (Lipinski definition) is 2. The molecule has 0 bridgehead atoms. The fourth-order valence-electron chi connectivity index (χ4n) is 2.15. The van der Waals surface area contributed by atoms with Gasteiger partial charge in [0.1, 0.15) is 0 Å². The minimum atomic E-state index is 0.332. The van der Waals surface area contributed by atoms with E-state index >= 15 is 0 Å². The summed E-state index contributed by atoms with van der Waals surface area (Å²) in [5.41, 5.74) is 0. The average Bonchev–Trinajstić information content (AvgIpc) is 2.27. The highest BCUT2D eigenvalue weighted by Gasteiger charge is 2.23. The molecule has 3 nitrogen and oxygen atoms in total. The highest BCUT2D eigenvalue weighted by molar-refractivity contribution is 5.76. The lowest BCUT2D eigenvalue weighted by molar-refractivity contribution is -0.134. The molecule has 0 aromatic carbocycles. The van der Waals surface area contributed by atoms with Gasteiger partial charge in [-0.3, -0.25) is 9.69 Å². The van der Waals surface area contributed by atoms with Crippen molar-refractivity contribution >= 4 is 5.91 Å². The van der Waals surface area contributed by atoms with Gasteiger partial charge in [0.25, 0.3) is 0 Å². The van der Waals surface area contributed by atoms with Gasteiger partial charge in [0.2, 0.25) is 5.91 Å². The van der Waals surface area contributed by atoms with Crippen LogP contribution in [0.25, 0.3) is 0 Å². The molecule has 1 unspecified atom stereocenters. The van der Waals surface area contributed by atoms with Crippen LogP contribution in [0.4, 0.5) is 0 Å². The lowest BCUT2D eigenvalue weighted by Gasteiger charge is -2.38. The van der Waals surface area contributed by atoms with E-state index in [4.69, 9.17) is 0 Å². The largest absolute Gasteiger partial charge is 0.340 e. The summed E-state index contributed by atoms with van der Waals surface area (Å²) in [6.45, 7) is 12.6.